The van der Waals surface area contributed by atoms with Gasteiger partial charge >= 0.3 is 6.18 Å². The lowest BCUT2D eigenvalue weighted by atomic mass is 10.2. The van der Waals surface area contributed by atoms with Gasteiger partial charge in [0.15, 0.2) is 0 Å². The van der Waals surface area contributed by atoms with E-state index in [1.54, 1.807) is 0 Å². The van der Waals surface area contributed by atoms with Crippen molar-refractivity contribution in [3.05, 3.63) is 11.6 Å². The maximum atomic E-state index is 12.6. The Morgan fingerprint density at radius 1 is 1.17 bits per heavy atom. The molecule has 0 spiro atoms. The van der Waals surface area contributed by atoms with Crippen LogP contribution in [0.5, 0.6) is 0 Å². The third-order valence-corrected chi connectivity index (χ3v) is 2.97. The van der Waals surface area contributed by atoms with Crippen molar-refractivity contribution in [2.24, 2.45) is 0 Å². The molecule has 8 heteroatoms. The summed E-state index contributed by atoms with van der Waals surface area (Å²) in [6.07, 6.45) is -2.90. The van der Waals surface area contributed by atoms with Gasteiger partial charge in [0.2, 0.25) is 5.82 Å². The van der Waals surface area contributed by atoms with Crippen LogP contribution in [0.15, 0.2) is 0 Å². The molecule has 1 aliphatic rings. The van der Waals surface area contributed by atoms with Gasteiger partial charge in [0.05, 0.1) is 6.54 Å². The topological polar surface area (TPSA) is 54.2 Å². The Bertz CT molecular complexity index is 404. The lowest BCUT2D eigenvalue weighted by molar-refractivity contribution is -0.148. The van der Waals surface area contributed by atoms with Gasteiger partial charge in [-0.15, -0.1) is 10.2 Å². The second-order valence-corrected chi connectivity index (χ2v) is 4.30. The standard InChI is InChI=1S/C10H15F3N4O/c11-10(12,13)9-15-14-8-7-16(3-1-2-6-18)4-5-17(8)9/h18H,1-7H2. The van der Waals surface area contributed by atoms with Crippen molar-refractivity contribution in [3.63, 3.8) is 0 Å². The van der Waals surface area contributed by atoms with E-state index < -0.39 is 12.0 Å². The van der Waals surface area contributed by atoms with Gasteiger partial charge in [-0.2, -0.15) is 13.2 Å². The van der Waals surface area contributed by atoms with Crippen LogP contribution < -0.4 is 0 Å². The average Bonchev–Trinajstić information content (AvgIpc) is 2.72. The monoisotopic (exact) mass is 264 g/mol. The van der Waals surface area contributed by atoms with Crippen LogP contribution in [0.25, 0.3) is 0 Å². The van der Waals surface area contributed by atoms with Crippen molar-refractivity contribution in [3.8, 4) is 0 Å². The molecule has 1 N–H and O–H groups in total. The Hall–Kier alpha value is -1.15. The molecule has 2 rings (SSSR count). The molecule has 0 aliphatic carbocycles. The molecule has 0 aromatic carbocycles. The molecule has 0 unspecified atom stereocenters. The number of hydrogen-bond donors (Lipinski definition) is 1. The highest BCUT2D eigenvalue weighted by Crippen LogP contribution is 2.29. The highest BCUT2D eigenvalue weighted by atomic mass is 19.4. The molecular weight excluding hydrogens is 249 g/mol. The molecule has 0 fully saturated rings. The Morgan fingerprint density at radius 2 is 1.94 bits per heavy atom. The quantitative estimate of drug-likeness (QED) is 0.820. The molecule has 1 aromatic rings. The first kappa shape index (κ1) is 13.3. The van der Waals surface area contributed by atoms with Crippen LogP contribution in [0.3, 0.4) is 0 Å². The summed E-state index contributed by atoms with van der Waals surface area (Å²) in [7, 11) is 0. The minimum absolute atomic E-state index is 0.141. The van der Waals surface area contributed by atoms with Gasteiger partial charge in [0.25, 0.3) is 0 Å². The van der Waals surface area contributed by atoms with Crippen molar-refractivity contribution >= 4 is 0 Å². The van der Waals surface area contributed by atoms with Crippen molar-refractivity contribution < 1.29 is 18.3 Å². The second kappa shape index (κ2) is 5.23. The fourth-order valence-corrected chi connectivity index (χ4v) is 2.06. The van der Waals surface area contributed by atoms with E-state index >= 15 is 0 Å². The van der Waals surface area contributed by atoms with Crippen molar-refractivity contribution in [2.75, 3.05) is 19.7 Å². The molecule has 18 heavy (non-hydrogen) atoms. The van der Waals surface area contributed by atoms with Crippen molar-refractivity contribution in [2.45, 2.75) is 32.1 Å². The first-order valence-corrected chi connectivity index (χ1v) is 5.85. The molecule has 2 heterocycles. The molecule has 1 aliphatic heterocycles. The van der Waals surface area contributed by atoms with Crippen LogP contribution in [0, 0.1) is 0 Å². The normalized spacial score (nSPS) is 16.9. The third-order valence-electron chi connectivity index (χ3n) is 2.97. The number of nitrogens with zero attached hydrogens (tertiary/aromatic N) is 4. The maximum Gasteiger partial charge on any atom is 0.451 e. The van der Waals surface area contributed by atoms with E-state index in [4.69, 9.17) is 5.11 Å². The summed E-state index contributed by atoms with van der Waals surface area (Å²) in [6, 6.07) is 0. The van der Waals surface area contributed by atoms with E-state index in [0.717, 1.165) is 17.5 Å². The number of unbranched alkanes of at least 4 members (excludes halogenated alkanes) is 1. The van der Waals surface area contributed by atoms with E-state index in [9.17, 15) is 13.2 Å². The van der Waals surface area contributed by atoms with Crippen LogP contribution >= 0.6 is 0 Å². The zero-order valence-electron chi connectivity index (χ0n) is 9.82. The maximum absolute atomic E-state index is 12.6. The molecule has 1 aromatic heterocycles. The highest BCUT2D eigenvalue weighted by molar-refractivity contribution is 5.02. The van der Waals surface area contributed by atoms with Gasteiger partial charge in [0, 0.05) is 19.7 Å². The zero-order chi connectivity index (χ0) is 13.2. The average molecular weight is 264 g/mol. The van der Waals surface area contributed by atoms with Gasteiger partial charge < -0.3 is 9.67 Å². The number of hydrogen-bond acceptors (Lipinski definition) is 4. The number of aromatic nitrogens is 3. The number of aliphatic hydroxyl groups is 1. The van der Waals surface area contributed by atoms with Crippen LogP contribution in [-0.4, -0.2) is 44.5 Å². The van der Waals surface area contributed by atoms with E-state index in [0.29, 0.717) is 25.3 Å². The molecule has 0 atom stereocenters. The summed E-state index contributed by atoms with van der Waals surface area (Å²) < 4.78 is 38.9. The summed E-state index contributed by atoms with van der Waals surface area (Å²) in [5.74, 6) is -0.551. The number of rotatable bonds is 4. The van der Waals surface area contributed by atoms with Gasteiger partial charge in [-0.05, 0) is 19.4 Å². The van der Waals surface area contributed by atoms with Crippen LogP contribution in [0.4, 0.5) is 13.2 Å². The SMILES string of the molecule is OCCCCN1CCn2c(nnc2C(F)(F)F)C1. The molecule has 0 saturated heterocycles. The molecule has 0 saturated carbocycles. The third kappa shape index (κ3) is 2.81. The number of halogens is 3. The molecule has 0 bridgehead atoms. The first-order chi connectivity index (χ1) is 8.52. The predicted octanol–water partition coefficient (Wildman–Crippen LogP) is 0.885. The fourth-order valence-electron chi connectivity index (χ4n) is 2.06. The van der Waals surface area contributed by atoms with E-state index in [2.05, 4.69) is 10.2 Å². The van der Waals surface area contributed by atoms with Crippen molar-refractivity contribution in [1.82, 2.24) is 19.7 Å². The lowest BCUT2D eigenvalue weighted by Gasteiger charge is -2.27. The Balaban J connectivity index is 2.01. The summed E-state index contributed by atoms with van der Waals surface area (Å²) in [4.78, 5) is 2.03. The summed E-state index contributed by atoms with van der Waals surface area (Å²) in [5.41, 5.74) is 0. The van der Waals surface area contributed by atoms with Crippen LogP contribution in [0.2, 0.25) is 0 Å². The fraction of sp³-hybridized carbons (Fsp3) is 0.800. The number of alkyl halides is 3. The lowest BCUT2D eigenvalue weighted by Crippen LogP contribution is -2.35. The minimum atomic E-state index is -4.44. The van der Waals surface area contributed by atoms with E-state index in [1.807, 2.05) is 4.90 Å². The molecule has 5 nitrogen and oxygen atoms in total. The summed E-state index contributed by atoms with van der Waals surface area (Å²) in [6.45, 7) is 2.10. The van der Waals surface area contributed by atoms with Crippen LogP contribution in [-0.2, 0) is 19.3 Å². The molecular formula is C10H15F3N4O. The molecule has 0 radical (unpaired) electrons. The number of aliphatic hydroxyl groups excluding tert-OH is 1. The van der Waals surface area contributed by atoms with Gasteiger partial charge in [0.1, 0.15) is 5.82 Å². The zero-order valence-corrected chi connectivity index (χ0v) is 9.82. The summed E-state index contributed by atoms with van der Waals surface area (Å²) in [5, 5.41) is 15.5. The summed E-state index contributed by atoms with van der Waals surface area (Å²) >= 11 is 0. The van der Waals surface area contributed by atoms with Crippen LogP contribution in [0.1, 0.15) is 24.5 Å². The van der Waals surface area contributed by atoms with Crippen molar-refractivity contribution in [1.29, 1.82) is 0 Å². The van der Waals surface area contributed by atoms with Gasteiger partial charge in [-0.25, -0.2) is 0 Å². The minimum Gasteiger partial charge on any atom is -0.396 e. The number of fused-ring (bicyclic) bond motifs is 1. The Kier molecular flexibility index (Phi) is 3.86. The van der Waals surface area contributed by atoms with Gasteiger partial charge in [-0.1, -0.05) is 0 Å². The second-order valence-electron chi connectivity index (χ2n) is 4.30. The smallest absolute Gasteiger partial charge is 0.396 e. The van der Waals surface area contributed by atoms with E-state index in [-0.39, 0.29) is 13.2 Å². The Labute approximate surface area is 102 Å². The first-order valence-electron chi connectivity index (χ1n) is 5.85. The largest absolute Gasteiger partial charge is 0.451 e. The molecule has 0 amide bonds. The Morgan fingerprint density at radius 3 is 2.61 bits per heavy atom. The predicted molar refractivity (Wildman–Crippen MR) is 56.6 cm³/mol. The molecule has 102 valence electrons. The van der Waals surface area contributed by atoms with E-state index in [1.165, 1.54) is 0 Å². The highest BCUT2D eigenvalue weighted by Gasteiger charge is 2.39. The van der Waals surface area contributed by atoms with Gasteiger partial charge in [-0.3, -0.25) is 4.90 Å².